The third-order valence-corrected chi connectivity index (χ3v) is 4.46. The van der Waals surface area contributed by atoms with E-state index >= 15 is 0 Å². The molecule has 0 bridgehead atoms. The number of halogens is 1. The monoisotopic (exact) mass is 376 g/mol. The van der Waals surface area contributed by atoms with Crippen LogP contribution in [-0.2, 0) is 11.2 Å². The molecule has 2 aromatic carbocycles. The summed E-state index contributed by atoms with van der Waals surface area (Å²) in [6.45, 7) is 1.03. The van der Waals surface area contributed by atoms with E-state index in [2.05, 4.69) is 5.32 Å². The summed E-state index contributed by atoms with van der Waals surface area (Å²) in [6, 6.07) is 13.2. The zero-order valence-electron chi connectivity index (χ0n) is 14.9. The highest BCUT2D eigenvalue weighted by molar-refractivity contribution is 5.94. The summed E-state index contributed by atoms with van der Waals surface area (Å²) in [5, 5.41) is 3.14. The molecule has 0 radical (unpaired) electrons. The van der Waals surface area contributed by atoms with E-state index < -0.39 is 0 Å². The summed E-state index contributed by atoms with van der Waals surface area (Å²) < 4.78 is 10.5. The van der Waals surface area contributed by atoms with Gasteiger partial charge in [-0.1, -0.05) is 6.07 Å². The molecule has 0 fully saturated rings. The summed E-state index contributed by atoms with van der Waals surface area (Å²) in [7, 11) is 1.63. The van der Waals surface area contributed by atoms with E-state index in [0.717, 1.165) is 30.7 Å². The van der Waals surface area contributed by atoms with E-state index in [1.165, 1.54) is 11.1 Å². The number of amides is 1. The second-order valence-electron chi connectivity index (χ2n) is 6.24. The highest BCUT2D eigenvalue weighted by Gasteiger charge is 2.22. The zero-order valence-corrected chi connectivity index (χ0v) is 15.7. The molecular formula is C20H25ClN2O3. The van der Waals surface area contributed by atoms with Crippen LogP contribution in [0.25, 0.3) is 0 Å². The first-order valence-electron chi connectivity index (χ1n) is 8.58. The highest BCUT2D eigenvalue weighted by atomic mass is 35.5. The number of rotatable bonds is 6. The molecule has 3 N–H and O–H groups in total. The van der Waals surface area contributed by atoms with Crippen LogP contribution in [0.5, 0.6) is 5.75 Å². The van der Waals surface area contributed by atoms with Gasteiger partial charge in [0.05, 0.1) is 12.6 Å². The molecule has 0 saturated carbocycles. The van der Waals surface area contributed by atoms with Crippen LogP contribution in [-0.4, -0.2) is 26.2 Å². The van der Waals surface area contributed by atoms with Gasteiger partial charge in [-0.2, -0.15) is 0 Å². The first kappa shape index (κ1) is 20.1. The summed E-state index contributed by atoms with van der Waals surface area (Å²) in [4.78, 5) is 12.6. The number of hydrogen-bond acceptors (Lipinski definition) is 4. The van der Waals surface area contributed by atoms with Gasteiger partial charge in [0.15, 0.2) is 0 Å². The SMILES string of the molecule is COCCOc1ccc(C(=O)NC2CCCc3cc(N)ccc32)cc1.Cl. The van der Waals surface area contributed by atoms with Crippen molar-refractivity contribution in [2.45, 2.75) is 25.3 Å². The van der Waals surface area contributed by atoms with Crippen LogP contribution in [0.3, 0.4) is 0 Å². The molecule has 1 amide bonds. The van der Waals surface area contributed by atoms with Crippen LogP contribution < -0.4 is 15.8 Å². The summed E-state index contributed by atoms with van der Waals surface area (Å²) in [5.74, 6) is 0.658. The highest BCUT2D eigenvalue weighted by Crippen LogP contribution is 2.31. The Balaban J connectivity index is 0.00000243. The third kappa shape index (κ3) is 4.90. The van der Waals surface area contributed by atoms with Crippen LogP contribution in [0.2, 0.25) is 0 Å². The van der Waals surface area contributed by atoms with Gasteiger partial charge in [0.1, 0.15) is 12.4 Å². The first-order valence-corrected chi connectivity index (χ1v) is 8.58. The van der Waals surface area contributed by atoms with Gasteiger partial charge in [0.25, 0.3) is 5.91 Å². The van der Waals surface area contributed by atoms with Gasteiger partial charge in [-0.25, -0.2) is 0 Å². The number of aryl methyl sites for hydroxylation is 1. The van der Waals surface area contributed by atoms with Crippen molar-refractivity contribution in [2.24, 2.45) is 0 Å². The average molecular weight is 377 g/mol. The quantitative estimate of drug-likeness (QED) is 0.597. The van der Waals surface area contributed by atoms with Crippen molar-refractivity contribution in [3.63, 3.8) is 0 Å². The Morgan fingerprint density at radius 2 is 1.96 bits per heavy atom. The first-order chi connectivity index (χ1) is 12.2. The molecule has 0 spiro atoms. The minimum atomic E-state index is -0.0712. The van der Waals surface area contributed by atoms with Gasteiger partial charge >= 0.3 is 0 Å². The lowest BCUT2D eigenvalue weighted by molar-refractivity contribution is 0.0932. The molecule has 3 rings (SSSR count). The topological polar surface area (TPSA) is 73.6 Å². The number of methoxy groups -OCH3 is 1. The Bertz CT molecular complexity index is 734. The molecule has 0 saturated heterocycles. The molecule has 2 aromatic rings. The lowest BCUT2D eigenvalue weighted by Gasteiger charge is -2.26. The summed E-state index contributed by atoms with van der Waals surface area (Å²) in [6.07, 6.45) is 3.01. The fourth-order valence-corrected chi connectivity index (χ4v) is 3.17. The van der Waals surface area contributed by atoms with Crippen molar-refractivity contribution < 1.29 is 14.3 Å². The van der Waals surface area contributed by atoms with Gasteiger partial charge in [0, 0.05) is 18.4 Å². The van der Waals surface area contributed by atoms with Crippen molar-refractivity contribution in [1.29, 1.82) is 0 Å². The minimum absolute atomic E-state index is 0. The largest absolute Gasteiger partial charge is 0.491 e. The van der Waals surface area contributed by atoms with Gasteiger partial charge < -0.3 is 20.5 Å². The number of anilines is 1. The fourth-order valence-electron chi connectivity index (χ4n) is 3.17. The third-order valence-electron chi connectivity index (χ3n) is 4.46. The molecule has 1 unspecified atom stereocenters. The molecule has 6 heteroatoms. The van der Waals surface area contributed by atoms with E-state index in [1.807, 2.05) is 18.2 Å². The molecule has 1 atom stereocenters. The second-order valence-corrected chi connectivity index (χ2v) is 6.24. The number of fused-ring (bicyclic) bond motifs is 1. The van der Waals surface area contributed by atoms with E-state index in [-0.39, 0.29) is 24.4 Å². The number of hydrogen-bond donors (Lipinski definition) is 2. The number of nitrogens with one attached hydrogen (secondary N) is 1. The average Bonchev–Trinajstić information content (AvgIpc) is 2.62. The molecular weight excluding hydrogens is 352 g/mol. The van der Waals surface area contributed by atoms with E-state index in [9.17, 15) is 4.79 Å². The van der Waals surface area contributed by atoms with Crippen molar-refractivity contribution in [1.82, 2.24) is 5.32 Å². The van der Waals surface area contributed by atoms with E-state index in [1.54, 1.807) is 31.4 Å². The standard InChI is InChI=1S/C20H24N2O3.ClH/c1-24-11-12-25-17-8-5-14(6-9-17)20(23)22-19-4-2-3-15-13-16(21)7-10-18(15)19;/h5-10,13,19H,2-4,11-12,21H2,1H3,(H,22,23);1H. The van der Waals surface area contributed by atoms with Gasteiger partial charge in [0.2, 0.25) is 0 Å². The maximum absolute atomic E-state index is 12.6. The van der Waals surface area contributed by atoms with Gasteiger partial charge in [-0.3, -0.25) is 4.79 Å². The van der Waals surface area contributed by atoms with Crippen molar-refractivity contribution >= 4 is 24.0 Å². The Labute approximate surface area is 160 Å². The van der Waals surface area contributed by atoms with E-state index in [0.29, 0.717) is 18.8 Å². The van der Waals surface area contributed by atoms with Crippen LogP contribution >= 0.6 is 12.4 Å². The molecule has 0 heterocycles. The Morgan fingerprint density at radius 3 is 2.69 bits per heavy atom. The second kappa shape index (κ2) is 9.46. The van der Waals surface area contributed by atoms with Crippen molar-refractivity contribution in [2.75, 3.05) is 26.1 Å². The number of benzene rings is 2. The Hall–Kier alpha value is -2.24. The predicted molar refractivity (Wildman–Crippen MR) is 105 cm³/mol. The maximum atomic E-state index is 12.6. The number of carbonyl (C=O) groups is 1. The summed E-state index contributed by atoms with van der Waals surface area (Å²) in [5.41, 5.74) is 9.68. The van der Waals surface area contributed by atoms with E-state index in [4.69, 9.17) is 15.2 Å². The lowest BCUT2D eigenvalue weighted by Crippen LogP contribution is -2.31. The number of carbonyl (C=O) groups excluding carboxylic acids is 1. The van der Waals surface area contributed by atoms with Crippen LogP contribution in [0.15, 0.2) is 42.5 Å². The Kier molecular flexibility index (Phi) is 7.30. The molecule has 5 nitrogen and oxygen atoms in total. The number of ether oxygens (including phenoxy) is 2. The molecule has 0 aliphatic heterocycles. The number of nitrogens with two attached hydrogens (primary N) is 1. The minimum Gasteiger partial charge on any atom is -0.491 e. The predicted octanol–water partition coefficient (Wildman–Crippen LogP) is 3.52. The van der Waals surface area contributed by atoms with Crippen LogP contribution in [0.1, 0.15) is 40.4 Å². The molecule has 1 aliphatic rings. The van der Waals surface area contributed by atoms with Gasteiger partial charge in [-0.15, -0.1) is 12.4 Å². The molecule has 26 heavy (non-hydrogen) atoms. The lowest BCUT2D eigenvalue weighted by atomic mass is 9.87. The number of nitrogen functional groups attached to an aromatic ring is 1. The Morgan fingerprint density at radius 1 is 1.19 bits per heavy atom. The molecule has 1 aliphatic carbocycles. The van der Waals surface area contributed by atoms with Crippen molar-refractivity contribution in [3.05, 3.63) is 59.2 Å². The fraction of sp³-hybridized carbons (Fsp3) is 0.350. The molecule has 0 aromatic heterocycles. The van der Waals surface area contributed by atoms with Gasteiger partial charge in [-0.05, 0) is 66.8 Å². The normalized spacial score (nSPS) is 15.5. The maximum Gasteiger partial charge on any atom is 0.251 e. The van der Waals surface area contributed by atoms with Crippen LogP contribution in [0, 0.1) is 0 Å². The van der Waals surface area contributed by atoms with Crippen molar-refractivity contribution in [3.8, 4) is 5.75 Å². The summed E-state index contributed by atoms with van der Waals surface area (Å²) >= 11 is 0. The molecule has 140 valence electrons. The van der Waals surface area contributed by atoms with Crippen LogP contribution in [0.4, 0.5) is 5.69 Å². The smallest absolute Gasteiger partial charge is 0.251 e. The zero-order chi connectivity index (χ0) is 17.6.